The lowest BCUT2D eigenvalue weighted by Gasteiger charge is -2.13. The van der Waals surface area contributed by atoms with E-state index in [0.717, 1.165) is 0 Å². The minimum Gasteiger partial charge on any atom is -0.480 e. The van der Waals surface area contributed by atoms with Gasteiger partial charge in [0.05, 0.1) is 0 Å². The number of carbonyl (C=O) groups excluding carboxylic acids is 4. The number of hydrogen-bond acceptors (Lipinski definition) is 9. The molecule has 4 aromatic rings. The number of ketones is 2. The Kier molecular flexibility index (Phi) is 7.65. The smallest absolute Gasteiger partial charge is 0.350 e. The molecule has 0 bridgehead atoms. The van der Waals surface area contributed by atoms with Crippen LogP contribution in [-0.2, 0) is 33.4 Å². The van der Waals surface area contributed by atoms with Crippen molar-refractivity contribution in [2.75, 3.05) is 0 Å². The van der Waals surface area contributed by atoms with E-state index < -0.39 is 58.1 Å². The minimum absolute atomic E-state index is 0.161. The van der Waals surface area contributed by atoms with Gasteiger partial charge < -0.3 is 24.4 Å². The molecule has 9 nitrogen and oxygen atoms in total. The van der Waals surface area contributed by atoms with Crippen molar-refractivity contribution in [1.82, 2.24) is 0 Å². The molecule has 0 saturated carbocycles. The molecule has 0 aliphatic carbocycles. The minimum atomic E-state index is -1.29. The van der Waals surface area contributed by atoms with Gasteiger partial charge in [-0.2, -0.15) is 0 Å². The van der Waals surface area contributed by atoms with Gasteiger partial charge in [0.25, 0.3) is 11.9 Å². The van der Waals surface area contributed by atoms with Gasteiger partial charge in [-0.15, -0.1) is 0 Å². The van der Waals surface area contributed by atoms with Gasteiger partial charge in [0, 0.05) is 0 Å². The molecule has 2 aliphatic rings. The summed E-state index contributed by atoms with van der Waals surface area (Å²) in [6.07, 6.45) is 0. The summed E-state index contributed by atoms with van der Waals surface area (Å²) in [5.74, 6) is -6.75. The largest absolute Gasteiger partial charge is 0.480 e. The number of Topliss-reactive ketones (excluding diaryl/α,β-unsaturated/α-hetero) is 2. The summed E-state index contributed by atoms with van der Waals surface area (Å²) in [5.41, 5.74) is -0.206. The predicted molar refractivity (Wildman–Crippen MR) is 162 cm³/mol. The molecule has 0 spiro atoms. The van der Waals surface area contributed by atoms with Crippen LogP contribution in [0.25, 0.3) is 22.3 Å². The van der Waals surface area contributed by atoms with E-state index in [1.54, 1.807) is 97.1 Å². The standard InChI is InChI=1S/C36H22O9/c37-29-25(21-13-5-1-6-14-21)33(39)43-31(29)27(23-17-9-3-10-18-23)35(41)45-36(42)28(24-19-11-4-12-20-24)32-30(38)26(34(40)44-32)22-15-7-2-8-16-22/h1-20,39-40H/b31-27+,32-28+. The molecule has 0 unspecified atom stereocenters. The third kappa shape index (κ3) is 5.41. The Balaban J connectivity index is 1.41. The zero-order valence-corrected chi connectivity index (χ0v) is 23.3. The van der Waals surface area contributed by atoms with Crippen molar-refractivity contribution in [1.29, 1.82) is 0 Å². The van der Waals surface area contributed by atoms with Gasteiger partial charge in [-0.25, -0.2) is 9.59 Å². The summed E-state index contributed by atoms with van der Waals surface area (Å²) in [6.45, 7) is 0. The SMILES string of the molecule is O=C1C(c2ccccc2)=C(O)O/C1=C(/C(=O)OC(=O)/C(=C1/OC(O)=C(c2ccccc2)C1=O)c1ccccc1)c1ccccc1. The number of aliphatic hydroxyl groups excluding tert-OH is 2. The first-order valence-corrected chi connectivity index (χ1v) is 13.6. The summed E-state index contributed by atoms with van der Waals surface area (Å²) < 4.78 is 16.1. The van der Waals surface area contributed by atoms with Crippen LogP contribution in [0.3, 0.4) is 0 Å². The maximum Gasteiger partial charge on any atom is 0.350 e. The second-order valence-corrected chi connectivity index (χ2v) is 9.77. The Hall–Kier alpha value is -6.48. The number of ether oxygens (including phenoxy) is 3. The monoisotopic (exact) mass is 598 g/mol. The van der Waals surface area contributed by atoms with Crippen molar-refractivity contribution in [3.05, 3.63) is 167 Å². The van der Waals surface area contributed by atoms with Gasteiger partial charge in [-0.1, -0.05) is 121 Å². The summed E-state index contributed by atoms with van der Waals surface area (Å²) in [5, 5.41) is 21.2. The Morgan fingerprint density at radius 2 is 0.800 bits per heavy atom. The molecule has 2 heterocycles. The van der Waals surface area contributed by atoms with Crippen LogP contribution < -0.4 is 0 Å². The number of allylic oxidation sites excluding steroid dienone is 2. The van der Waals surface area contributed by atoms with E-state index in [4.69, 9.17) is 14.2 Å². The van der Waals surface area contributed by atoms with Gasteiger partial charge in [0.15, 0.2) is 11.5 Å². The van der Waals surface area contributed by atoms with Gasteiger partial charge in [-0.05, 0) is 22.3 Å². The van der Waals surface area contributed by atoms with Crippen LogP contribution in [0.15, 0.2) is 145 Å². The molecule has 2 aliphatic heterocycles. The number of aliphatic hydroxyl groups is 2. The maximum atomic E-state index is 13.8. The van der Waals surface area contributed by atoms with E-state index >= 15 is 0 Å². The third-order valence-corrected chi connectivity index (χ3v) is 6.99. The molecule has 9 heteroatoms. The number of rotatable bonds is 6. The zero-order chi connectivity index (χ0) is 31.5. The Bertz CT molecular complexity index is 1820. The number of esters is 2. The molecule has 2 N–H and O–H groups in total. The second-order valence-electron chi connectivity index (χ2n) is 9.77. The van der Waals surface area contributed by atoms with Gasteiger partial charge in [0.1, 0.15) is 22.3 Å². The van der Waals surface area contributed by atoms with E-state index in [1.165, 1.54) is 24.3 Å². The molecule has 0 atom stereocenters. The highest BCUT2D eigenvalue weighted by Crippen LogP contribution is 2.38. The highest BCUT2D eigenvalue weighted by atomic mass is 16.6. The van der Waals surface area contributed by atoms with E-state index in [-0.39, 0.29) is 22.3 Å². The van der Waals surface area contributed by atoms with Gasteiger partial charge in [-0.3, -0.25) is 9.59 Å². The van der Waals surface area contributed by atoms with Crippen molar-refractivity contribution in [2.24, 2.45) is 0 Å². The average molecular weight is 599 g/mol. The number of hydrogen-bond donors (Lipinski definition) is 2. The Morgan fingerprint density at radius 3 is 1.13 bits per heavy atom. The summed E-state index contributed by atoms with van der Waals surface area (Å²) in [6, 6.07) is 32.2. The second kappa shape index (κ2) is 12.0. The lowest BCUT2D eigenvalue weighted by Crippen LogP contribution is -2.20. The maximum absolute atomic E-state index is 13.8. The molecule has 4 aromatic carbocycles. The molecule has 45 heavy (non-hydrogen) atoms. The topological polar surface area (TPSA) is 136 Å². The van der Waals surface area contributed by atoms with Crippen LogP contribution in [0.2, 0.25) is 0 Å². The molecule has 0 radical (unpaired) electrons. The highest BCUT2D eigenvalue weighted by Gasteiger charge is 2.40. The van der Waals surface area contributed by atoms with E-state index in [1.807, 2.05) is 0 Å². The molecule has 0 aromatic heterocycles. The van der Waals surface area contributed by atoms with Crippen molar-refractivity contribution in [3.63, 3.8) is 0 Å². The quantitative estimate of drug-likeness (QED) is 0.157. The first-order valence-electron chi connectivity index (χ1n) is 13.6. The fourth-order valence-electron chi connectivity index (χ4n) is 4.94. The van der Waals surface area contributed by atoms with Crippen molar-refractivity contribution in [3.8, 4) is 0 Å². The van der Waals surface area contributed by atoms with Gasteiger partial charge >= 0.3 is 11.9 Å². The summed E-state index contributed by atoms with van der Waals surface area (Å²) in [7, 11) is 0. The van der Waals surface area contributed by atoms with Crippen LogP contribution in [0, 0.1) is 0 Å². The fourth-order valence-corrected chi connectivity index (χ4v) is 4.94. The first kappa shape index (κ1) is 28.6. The lowest BCUT2D eigenvalue weighted by atomic mass is 9.97. The fraction of sp³-hybridized carbons (Fsp3) is 0. The molecule has 0 fully saturated rings. The van der Waals surface area contributed by atoms with Crippen molar-refractivity contribution >= 4 is 45.8 Å². The van der Waals surface area contributed by atoms with E-state index in [9.17, 15) is 29.4 Å². The Morgan fingerprint density at radius 1 is 0.489 bits per heavy atom. The summed E-state index contributed by atoms with van der Waals surface area (Å²) in [4.78, 5) is 54.6. The zero-order valence-electron chi connectivity index (χ0n) is 23.3. The first-order chi connectivity index (χ1) is 21.8. The lowest BCUT2D eigenvalue weighted by molar-refractivity contribution is -0.151. The normalized spacial score (nSPS) is 16.7. The highest BCUT2D eigenvalue weighted by molar-refractivity contribution is 6.40. The average Bonchev–Trinajstić information content (AvgIpc) is 3.51. The van der Waals surface area contributed by atoms with E-state index in [0.29, 0.717) is 11.1 Å². The Labute approximate surface area is 256 Å². The van der Waals surface area contributed by atoms with Crippen LogP contribution in [0.4, 0.5) is 0 Å². The molecule has 6 rings (SSSR count). The van der Waals surface area contributed by atoms with Crippen LogP contribution in [0.1, 0.15) is 22.3 Å². The van der Waals surface area contributed by atoms with Crippen molar-refractivity contribution in [2.45, 2.75) is 0 Å². The van der Waals surface area contributed by atoms with Crippen LogP contribution >= 0.6 is 0 Å². The molecular formula is C36H22O9. The molecular weight excluding hydrogens is 576 g/mol. The molecule has 0 saturated heterocycles. The number of benzene rings is 4. The molecule has 220 valence electrons. The summed E-state index contributed by atoms with van der Waals surface area (Å²) >= 11 is 0. The third-order valence-electron chi connectivity index (χ3n) is 6.99. The number of carbonyl (C=O) groups is 4. The predicted octanol–water partition coefficient (Wildman–Crippen LogP) is 5.93. The van der Waals surface area contributed by atoms with E-state index in [2.05, 4.69) is 0 Å². The van der Waals surface area contributed by atoms with Gasteiger partial charge in [0.2, 0.25) is 11.6 Å². The molecule has 0 amide bonds. The van der Waals surface area contributed by atoms with Crippen molar-refractivity contribution < 1.29 is 43.6 Å². The van der Waals surface area contributed by atoms with Crippen LogP contribution in [-0.4, -0.2) is 33.7 Å². The van der Waals surface area contributed by atoms with Crippen LogP contribution in [0.5, 0.6) is 0 Å².